The number of ether oxygens (including phenoxy) is 1. The molecule has 2 N–H and O–H groups in total. The Morgan fingerprint density at radius 3 is 2.89 bits per heavy atom. The summed E-state index contributed by atoms with van der Waals surface area (Å²) in [5, 5.41) is 0. The maximum Gasteiger partial charge on any atom is 0.219 e. The third kappa shape index (κ3) is 2.04. The van der Waals surface area contributed by atoms with Crippen LogP contribution in [0.15, 0.2) is 30.3 Å². The van der Waals surface area contributed by atoms with Gasteiger partial charge in [0.05, 0.1) is 0 Å². The van der Waals surface area contributed by atoms with Crippen molar-refractivity contribution in [1.82, 2.24) is 4.98 Å². The predicted octanol–water partition coefficient (Wildman–Crippen LogP) is 3.25. The average molecular weight is 240 g/mol. The quantitative estimate of drug-likeness (QED) is 0.820. The van der Waals surface area contributed by atoms with E-state index in [2.05, 4.69) is 11.1 Å². The summed E-state index contributed by atoms with van der Waals surface area (Å²) in [7, 11) is 0. The lowest BCUT2D eigenvalue weighted by atomic mass is 10.2. The van der Waals surface area contributed by atoms with Gasteiger partial charge in [-0.1, -0.05) is 6.07 Å². The molecule has 0 spiro atoms. The highest BCUT2D eigenvalue weighted by Crippen LogP contribution is 2.27. The Kier molecular flexibility index (Phi) is 2.67. The molecule has 0 atom stereocenters. The van der Waals surface area contributed by atoms with Crippen molar-refractivity contribution in [3.63, 3.8) is 0 Å². The van der Waals surface area contributed by atoms with Crippen molar-refractivity contribution in [2.45, 2.75) is 26.2 Å². The number of anilines is 1. The van der Waals surface area contributed by atoms with Gasteiger partial charge >= 0.3 is 0 Å². The first-order chi connectivity index (χ1) is 8.72. The molecule has 0 unspecified atom stereocenters. The zero-order chi connectivity index (χ0) is 12.5. The van der Waals surface area contributed by atoms with E-state index < -0.39 is 0 Å². The highest BCUT2D eigenvalue weighted by atomic mass is 16.5. The highest BCUT2D eigenvalue weighted by Gasteiger charge is 2.13. The zero-order valence-corrected chi connectivity index (χ0v) is 10.4. The smallest absolute Gasteiger partial charge is 0.219 e. The van der Waals surface area contributed by atoms with Crippen LogP contribution in [0.1, 0.15) is 23.2 Å². The molecule has 2 aromatic rings. The summed E-state index contributed by atoms with van der Waals surface area (Å²) in [5.41, 5.74) is 10.1. The van der Waals surface area contributed by atoms with E-state index in [9.17, 15) is 0 Å². The Morgan fingerprint density at radius 2 is 2.06 bits per heavy atom. The predicted molar refractivity (Wildman–Crippen MR) is 71.9 cm³/mol. The summed E-state index contributed by atoms with van der Waals surface area (Å²) in [6.45, 7) is 1.97. The fourth-order valence-electron chi connectivity index (χ4n) is 2.29. The summed E-state index contributed by atoms with van der Waals surface area (Å²) in [6.07, 6.45) is 3.41. The van der Waals surface area contributed by atoms with Gasteiger partial charge in [0.2, 0.25) is 5.88 Å². The molecule has 18 heavy (non-hydrogen) atoms. The van der Waals surface area contributed by atoms with Crippen molar-refractivity contribution >= 4 is 5.69 Å². The molecular weight excluding hydrogens is 224 g/mol. The molecule has 0 bridgehead atoms. The lowest BCUT2D eigenvalue weighted by Gasteiger charge is -2.08. The minimum absolute atomic E-state index is 0.667. The number of aryl methyl sites for hydroxylation is 3. The maximum atomic E-state index is 5.78. The number of rotatable bonds is 2. The molecule has 92 valence electrons. The fraction of sp³-hybridized carbons (Fsp3) is 0.267. The number of aromatic nitrogens is 1. The van der Waals surface area contributed by atoms with Gasteiger partial charge in [-0.15, -0.1) is 0 Å². The van der Waals surface area contributed by atoms with Crippen LogP contribution >= 0.6 is 0 Å². The van der Waals surface area contributed by atoms with Gasteiger partial charge in [0.1, 0.15) is 5.75 Å². The number of nitrogen functional groups attached to an aromatic ring is 1. The Hall–Kier alpha value is -2.03. The molecule has 3 nitrogen and oxygen atoms in total. The number of hydrogen-bond acceptors (Lipinski definition) is 3. The Bertz CT molecular complexity index is 593. The van der Waals surface area contributed by atoms with Gasteiger partial charge in [0, 0.05) is 17.4 Å². The number of pyridine rings is 1. The molecule has 1 aromatic heterocycles. The second kappa shape index (κ2) is 4.33. The Labute approximate surface area is 107 Å². The molecule has 3 rings (SSSR count). The van der Waals surface area contributed by atoms with Crippen molar-refractivity contribution in [2.24, 2.45) is 0 Å². The first kappa shape index (κ1) is 11.1. The summed E-state index contributed by atoms with van der Waals surface area (Å²) >= 11 is 0. The molecule has 0 fully saturated rings. The van der Waals surface area contributed by atoms with Gasteiger partial charge in [-0.2, -0.15) is 0 Å². The maximum absolute atomic E-state index is 5.78. The standard InChI is InChI=1S/C15H16N2O/c1-10-9-12(6-7-13(10)16)18-15-8-5-11-3-2-4-14(11)17-15/h5-9H,2-4,16H2,1H3. The van der Waals surface area contributed by atoms with Gasteiger partial charge in [0.25, 0.3) is 0 Å². The van der Waals surface area contributed by atoms with Gasteiger partial charge in [-0.05, 0) is 55.5 Å². The van der Waals surface area contributed by atoms with E-state index in [1.165, 1.54) is 17.7 Å². The van der Waals surface area contributed by atoms with Crippen molar-refractivity contribution in [1.29, 1.82) is 0 Å². The molecule has 0 saturated carbocycles. The van der Waals surface area contributed by atoms with E-state index in [4.69, 9.17) is 10.5 Å². The van der Waals surface area contributed by atoms with Crippen LogP contribution in [0.4, 0.5) is 5.69 Å². The molecule has 0 radical (unpaired) electrons. The monoisotopic (exact) mass is 240 g/mol. The molecule has 1 aromatic carbocycles. The first-order valence-electron chi connectivity index (χ1n) is 6.25. The van der Waals surface area contributed by atoms with Crippen LogP contribution in [0.5, 0.6) is 11.6 Å². The fourth-order valence-corrected chi connectivity index (χ4v) is 2.29. The van der Waals surface area contributed by atoms with Crippen LogP contribution in [0, 0.1) is 6.92 Å². The van der Waals surface area contributed by atoms with Crippen LogP contribution in [-0.2, 0) is 12.8 Å². The third-order valence-electron chi connectivity index (χ3n) is 3.37. The molecule has 1 aliphatic carbocycles. The summed E-state index contributed by atoms with van der Waals surface area (Å²) in [6, 6.07) is 9.73. The molecule has 0 aliphatic heterocycles. The molecule has 3 heteroatoms. The Balaban J connectivity index is 1.85. The topological polar surface area (TPSA) is 48.1 Å². The van der Waals surface area contributed by atoms with Crippen LogP contribution in [0.3, 0.4) is 0 Å². The average Bonchev–Trinajstić information content (AvgIpc) is 2.81. The third-order valence-corrected chi connectivity index (χ3v) is 3.37. The number of fused-ring (bicyclic) bond motifs is 1. The van der Waals surface area contributed by atoms with Crippen LogP contribution in [-0.4, -0.2) is 4.98 Å². The lowest BCUT2D eigenvalue weighted by molar-refractivity contribution is 0.461. The SMILES string of the molecule is Cc1cc(Oc2ccc3c(n2)CCC3)ccc1N. The zero-order valence-electron chi connectivity index (χ0n) is 10.4. The highest BCUT2D eigenvalue weighted by molar-refractivity contribution is 5.50. The molecular formula is C15H16N2O. The lowest BCUT2D eigenvalue weighted by Crippen LogP contribution is -1.94. The summed E-state index contributed by atoms with van der Waals surface area (Å²) in [4.78, 5) is 4.55. The van der Waals surface area contributed by atoms with Crippen LogP contribution in [0.25, 0.3) is 0 Å². The van der Waals surface area contributed by atoms with Crippen LogP contribution in [0.2, 0.25) is 0 Å². The largest absolute Gasteiger partial charge is 0.439 e. The van der Waals surface area contributed by atoms with Gasteiger partial charge in [-0.25, -0.2) is 4.98 Å². The van der Waals surface area contributed by atoms with E-state index in [1.807, 2.05) is 31.2 Å². The molecule has 0 saturated heterocycles. The summed E-state index contributed by atoms with van der Waals surface area (Å²) < 4.78 is 5.77. The van der Waals surface area contributed by atoms with E-state index in [-0.39, 0.29) is 0 Å². The van der Waals surface area contributed by atoms with Crippen molar-refractivity contribution in [2.75, 3.05) is 5.73 Å². The minimum Gasteiger partial charge on any atom is -0.439 e. The van der Waals surface area contributed by atoms with Gasteiger partial charge in [0.15, 0.2) is 0 Å². The van der Waals surface area contributed by atoms with E-state index >= 15 is 0 Å². The van der Waals surface area contributed by atoms with E-state index in [0.717, 1.165) is 29.8 Å². The normalized spacial score (nSPS) is 13.4. The van der Waals surface area contributed by atoms with E-state index in [0.29, 0.717) is 5.88 Å². The molecule has 0 amide bonds. The molecule has 1 heterocycles. The molecule has 1 aliphatic rings. The second-order valence-electron chi connectivity index (χ2n) is 4.73. The number of benzene rings is 1. The first-order valence-corrected chi connectivity index (χ1v) is 6.25. The Morgan fingerprint density at radius 1 is 1.17 bits per heavy atom. The van der Waals surface area contributed by atoms with Crippen molar-refractivity contribution in [3.8, 4) is 11.6 Å². The number of nitrogens with two attached hydrogens (primary N) is 1. The van der Waals surface area contributed by atoms with Gasteiger partial charge in [-0.3, -0.25) is 0 Å². The van der Waals surface area contributed by atoms with Crippen LogP contribution < -0.4 is 10.5 Å². The van der Waals surface area contributed by atoms with E-state index in [1.54, 1.807) is 0 Å². The number of hydrogen-bond donors (Lipinski definition) is 1. The van der Waals surface area contributed by atoms with Gasteiger partial charge < -0.3 is 10.5 Å². The minimum atomic E-state index is 0.667. The summed E-state index contributed by atoms with van der Waals surface area (Å²) in [5.74, 6) is 1.45. The number of nitrogens with zero attached hydrogens (tertiary/aromatic N) is 1. The van der Waals surface area contributed by atoms with Crippen molar-refractivity contribution in [3.05, 3.63) is 47.2 Å². The second-order valence-corrected chi connectivity index (χ2v) is 4.73. The van der Waals surface area contributed by atoms with Crippen molar-refractivity contribution < 1.29 is 4.74 Å².